The van der Waals surface area contributed by atoms with E-state index in [1.54, 1.807) is 0 Å². The average Bonchev–Trinajstić information content (AvgIpc) is 2.96. The summed E-state index contributed by atoms with van der Waals surface area (Å²) in [6.45, 7) is 2.65. The standard InChI is InChI=1S/C18H25N3O/c22-18-8-4-7-16(9-18)10-19-11-17-12-20-21(14-17)13-15-5-2-1-3-6-15/h1-3,5-6,12,14,16,18-19,22H,4,7-11,13H2. The first-order valence-corrected chi connectivity index (χ1v) is 8.23. The first kappa shape index (κ1) is 15.3. The molecule has 0 spiro atoms. The van der Waals surface area contributed by atoms with E-state index in [4.69, 9.17) is 0 Å². The van der Waals surface area contributed by atoms with Gasteiger partial charge in [-0.2, -0.15) is 5.10 Å². The first-order chi connectivity index (χ1) is 10.8. The molecule has 0 radical (unpaired) electrons. The van der Waals surface area contributed by atoms with Crippen LogP contribution in [-0.4, -0.2) is 27.5 Å². The Morgan fingerprint density at radius 1 is 1.18 bits per heavy atom. The van der Waals surface area contributed by atoms with Gasteiger partial charge in [-0.15, -0.1) is 0 Å². The number of nitrogens with zero attached hydrogens (tertiary/aromatic N) is 2. The van der Waals surface area contributed by atoms with Gasteiger partial charge in [0.2, 0.25) is 0 Å². The van der Waals surface area contributed by atoms with E-state index in [0.717, 1.165) is 38.9 Å². The van der Waals surface area contributed by atoms with E-state index in [0.29, 0.717) is 5.92 Å². The van der Waals surface area contributed by atoms with Crippen LogP contribution in [0.2, 0.25) is 0 Å². The van der Waals surface area contributed by atoms with E-state index in [-0.39, 0.29) is 6.10 Å². The summed E-state index contributed by atoms with van der Waals surface area (Å²) in [7, 11) is 0. The number of benzene rings is 1. The molecule has 1 saturated carbocycles. The second-order valence-electron chi connectivity index (χ2n) is 6.35. The van der Waals surface area contributed by atoms with Crippen molar-refractivity contribution < 1.29 is 5.11 Å². The molecule has 0 aliphatic heterocycles. The molecule has 1 aromatic heterocycles. The number of nitrogens with one attached hydrogen (secondary N) is 1. The van der Waals surface area contributed by atoms with Crippen LogP contribution in [0, 0.1) is 5.92 Å². The predicted molar refractivity (Wildman–Crippen MR) is 87.4 cm³/mol. The van der Waals surface area contributed by atoms with Crippen molar-refractivity contribution in [1.82, 2.24) is 15.1 Å². The molecule has 1 aliphatic rings. The Hall–Kier alpha value is -1.65. The Morgan fingerprint density at radius 2 is 2.05 bits per heavy atom. The number of rotatable bonds is 6. The third-order valence-corrected chi connectivity index (χ3v) is 4.39. The number of aliphatic hydroxyl groups is 1. The Kier molecular flexibility index (Phi) is 5.24. The van der Waals surface area contributed by atoms with Crippen molar-refractivity contribution >= 4 is 0 Å². The summed E-state index contributed by atoms with van der Waals surface area (Å²) in [5.41, 5.74) is 2.48. The number of aliphatic hydroxyl groups excluding tert-OH is 1. The fraction of sp³-hybridized carbons (Fsp3) is 0.500. The van der Waals surface area contributed by atoms with Gasteiger partial charge in [0.15, 0.2) is 0 Å². The van der Waals surface area contributed by atoms with Gasteiger partial charge in [0.1, 0.15) is 0 Å². The van der Waals surface area contributed by atoms with Crippen molar-refractivity contribution in [1.29, 1.82) is 0 Å². The molecule has 0 amide bonds. The lowest BCUT2D eigenvalue weighted by Gasteiger charge is -2.25. The van der Waals surface area contributed by atoms with Crippen LogP contribution >= 0.6 is 0 Å². The van der Waals surface area contributed by atoms with E-state index in [1.807, 2.05) is 16.9 Å². The molecular formula is C18H25N3O. The summed E-state index contributed by atoms with van der Waals surface area (Å²) in [6.07, 6.45) is 8.26. The molecular weight excluding hydrogens is 274 g/mol. The highest BCUT2D eigenvalue weighted by atomic mass is 16.3. The lowest BCUT2D eigenvalue weighted by Crippen LogP contribution is -2.28. The van der Waals surface area contributed by atoms with Crippen molar-refractivity contribution in [2.45, 2.75) is 44.9 Å². The second kappa shape index (κ2) is 7.56. The van der Waals surface area contributed by atoms with Crippen LogP contribution in [0.15, 0.2) is 42.7 Å². The number of hydrogen-bond acceptors (Lipinski definition) is 3. The lowest BCUT2D eigenvalue weighted by atomic mass is 9.87. The molecule has 1 fully saturated rings. The zero-order chi connectivity index (χ0) is 15.2. The quantitative estimate of drug-likeness (QED) is 0.862. The fourth-order valence-electron chi connectivity index (χ4n) is 3.22. The highest BCUT2D eigenvalue weighted by molar-refractivity contribution is 5.15. The van der Waals surface area contributed by atoms with Gasteiger partial charge in [0, 0.05) is 18.3 Å². The van der Waals surface area contributed by atoms with Crippen LogP contribution in [-0.2, 0) is 13.1 Å². The monoisotopic (exact) mass is 299 g/mol. The molecule has 1 aromatic carbocycles. The van der Waals surface area contributed by atoms with E-state index in [1.165, 1.54) is 17.5 Å². The molecule has 0 saturated heterocycles. The molecule has 0 bridgehead atoms. The normalized spacial score (nSPS) is 21.9. The van der Waals surface area contributed by atoms with Crippen molar-refractivity contribution in [3.05, 3.63) is 53.9 Å². The smallest absolute Gasteiger partial charge is 0.0659 e. The third kappa shape index (κ3) is 4.42. The van der Waals surface area contributed by atoms with Crippen LogP contribution < -0.4 is 5.32 Å². The van der Waals surface area contributed by atoms with Gasteiger partial charge >= 0.3 is 0 Å². The molecule has 2 N–H and O–H groups in total. The van der Waals surface area contributed by atoms with Gasteiger partial charge in [-0.1, -0.05) is 36.8 Å². The Labute approximate surface area is 132 Å². The van der Waals surface area contributed by atoms with Gasteiger partial charge < -0.3 is 10.4 Å². The van der Waals surface area contributed by atoms with Crippen LogP contribution in [0.3, 0.4) is 0 Å². The molecule has 2 unspecified atom stereocenters. The predicted octanol–water partition coefficient (Wildman–Crippen LogP) is 2.57. The lowest BCUT2D eigenvalue weighted by molar-refractivity contribution is 0.101. The van der Waals surface area contributed by atoms with Crippen molar-refractivity contribution in [2.75, 3.05) is 6.54 Å². The minimum absolute atomic E-state index is 0.0887. The molecule has 118 valence electrons. The van der Waals surface area contributed by atoms with Gasteiger partial charge in [0.05, 0.1) is 18.8 Å². The zero-order valence-electron chi connectivity index (χ0n) is 13.0. The average molecular weight is 299 g/mol. The molecule has 22 heavy (non-hydrogen) atoms. The van der Waals surface area contributed by atoms with Gasteiger partial charge in [0.25, 0.3) is 0 Å². The molecule has 1 aliphatic carbocycles. The Bertz CT molecular complexity index is 567. The minimum atomic E-state index is -0.0887. The SMILES string of the molecule is OC1CCCC(CNCc2cnn(Cc3ccccc3)c2)C1. The van der Waals surface area contributed by atoms with Crippen LogP contribution in [0.1, 0.15) is 36.8 Å². The minimum Gasteiger partial charge on any atom is -0.393 e. The Morgan fingerprint density at radius 3 is 2.86 bits per heavy atom. The van der Waals surface area contributed by atoms with Gasteiger partial charge in [-0.05, 0) is 37.3 Å². The summed E-state index contributed by atoms with van der Waals surface area (Å²) < 4.78 is 1.98. The summed E-state index contributed by atoms with van der Waals surface area (Å²) in [5.74, 6) is 0.614. The maximum atomic E-state index is 9.70. The van der Waals surface area contributed by atoms with Crippen molar-refractivity contribution in [3.8, 4) is 0 Å². The van der Waals surface area contributed by atoms with E-state index >= 15 is 0 Å². The van der Waals surface area contributed by atoms with Crippen molar-refractivity contribution in [2.24, 2.45) is 5.92 Å². The summed E-state index contributed by atoms with van der Waals surface area (Å²) in [6, 6.07) is 10.4. The van der Waals surface area contributed by atoms with E-state index in [2.05, 4.69) is 40.9 Å². The zero-order valence-corrected chi connectivity index (χ0v) is 13.0. The Balaban J connectivity index is 1.44. The third-order valence-electron chi connectivity index (χ3n) is 4.39. The highest BCUT2D eigenvalue weighted by Crippen LogP contribution is 2.23. The molecule has 3 rings (SSSR count). The maximum absolute atomic E-state index is 9.70. The molecule has 4 nitrogen and oxygen atoms in total. The fourth-order valence-corrected chi connectivity index (χ4v) is 3.22. The summed E-state index contributed by atoms with van der Waals surface area (Å²) in [5, 5.41) is 17.6. The van der Waals surface area contributed by atoms with Crippen LogP contribution in [0.4, 0.5) is 0 Å². The molecule has 4 heteroatoms. The molecule has 2 aromatic rings. The first-order valence-electron chi connectivity index (χ1n) is 8.23. The summed E-state index contributed by atoms with van der Waals surface area (Å²) >= 11 is 0. The largest absolute Gasteiger partial charge is 0.393 e. The van der Waals surface area contributed by atoms with Gasteiger partial charge in [-0.25, -0.2) is 0 Å². The van der Waals surface area contributed by atoms with Crippen molar-refractivity contribution in [3.63, 3.8) is 0 Å². The van der Waals surface area contributed by atoms with Gasteiger partial charge in [-0.3, -0.25) is 4.68 Å². The maximum Gasteiger partial charge on any atom is 0.0659 e. The number of aromatic nitrogens is 2. The molecule has 1 heterocycles. The molecule has 2 atom stereocenters. The van der Waals surface area contributed by atoms with Crippen LogP contribution in [0.5, 0.6) is 0 Å². The number of hydrogen-bond donors (Lipinski definition) is 2. The topological polar surface area (TPSA) is 50.1 Å². The second-order valence-corrected chi connectivity index (χ2v) is 6.35. The highest BCUT2D eigenvalue weighted by Gasteiger charge is 2.19. The van der Waals surface area contributed by atoms with Crippen LogP contribution in [0.25, 0.3) is 0 Å². The summed E-state index contributed by atoms with van der Waals surface area (Å²) in [4.78, 5) is 0. The van der Waals surface area contributed by atoms with E-state index < -0.39 is 0 Å². The van der Waals surface area contributed by atoms with E-state index in [9.17, 15) is 5.11 Å².